The fourth-order valence-electron chi connectivity index (χ4n) is 7.16. The van der Waals surface area contributed by atoms with Crippen LogP contribution in [0.25, 0.3) is 0 Å². The van der Waals surface area contributed by atoms with Crippen LogP contribution in [-0.2, 0) is 13.6 Å². The molecule has 0 aliphatic heterocycles. The van der Waals surface area contributed by atoms with E-state index in [0.717, 1.165) is 12.8 Å². The molecule has 0 bridgehead atoms. The summed E-state index contributed by atoms with van der Waals surface area (Å²) in [7, 11) is -4.29. The molecular weight excluding hydrogens is 667 g/mol. The summed E-state index contributed by atoms with van der Waals surface area (Å²) in [6.45, 7) is 39.9. The first-order valence-electron chi connectivity index (χ1n) is 19.9. The van der Waals surface area contributed by atoms with Crippen molar-refractivity contribution in [1.29, 1.82) is 0 Å². The van der Waals surface area contributed by atoms with E-state index in [1.165, 1.54) is 31.3 Å². The molecule has 1 rings (SSSR count). The van der Waals surface area contributed by atoms with Gasteiger partial charge in [-0.2, -0.15) is 0 Å². The minimum Gasteiger partial charge on any atom is -0.445 e. The van der Waals surface area contributed by atoms with E-state index in [1.807, 2.05) is 18.2 Å². The van der Waals surface area contributed by atoms with E-state index in [2.05, 4.69) is 128 Å². The van der Waals surface area contributed by atoms with E-state index in [4.69, 9.17) is 19.3 Å². The Hall–Kier alpha value is -1.46. The number of aliphatic hydroxyl groups excluding tert-OH is 1. The summed E-state index contributed by atoms with van der Waals surface area (Å²) >= 11 is 0. The van der Waals surface area contributed by atoms with Gasteiger partial charge in [0.25, 0.3) is 0 Å². The van der Waals surface area contributed by atoms with E-state index in [1.54, 1.807) is 6.08 Å². The smallest absolute Gasteiger partial charge is 0.404 e. The highest BCUT2D eigenvalue weighted by atomic mass is 28.4. The van der Waals surface area contributed by atoms with Crippen LogP contribution in [0.5, 0.6) is 0 Å². The lowest BCUT2D eigenvalue weighted by atomic mass is 9.81. The van der Waals surface area contributed by atoms with Crippen LogP contribution in [0.1, 0.15) is 122 Å². The van der Waals surface area contributed by atoms with E-state index in [-0.39, 0.29) is 51.9 Å². The number of allylic oxidation sites excluding steroid dienone is 3. The van der Waals surface area contributed by atoms with Crippen LogP contribution >= 0.6 is 0 Å². The highest BCUT2D eigenvalue weighted by Gasteiger charge is 2.44. The standard InChI is InChI=1S/C43H81NO5Si2/c1-18-19-22-31(3)39(47-41(44)46)35(7)40(49-51(16,17)43(11,12)13)34(6)28-30(2)27-33(5)38(48-50(14,15)42(8,9)10)32(4)25-26-37(45)29-36-23-20-21-24-36/h18-19,22,25-27,31-40,45H,1,20-21,23-24,28-29H2,2-17H3,(H2,44,46)/b22-19-,26-25-,30-27-/t31-,32-,33-,34-,35+,37+,38-,39-,40+/m0/s1. The molecule has 0 saturated heterocycles. The first kappa shape index (κ1) is 47.6. The zero-order chi connectivity index (χ0) is 39.5. The number of rotatable bonds is 20. The molecule has 9 atom stereocenters. The number of carbonyl (C=O) groups excluding carboxylic acids is 1. The minimum atomic E-state index is -2.20. The third-order valence-electron chi connectivity index (χ3n) is 12.3. The van der Waals surface area contributed by atoms with Crippen molar-refractivity contribution in [3.63, 3.8) is 0 Å². The molecule has 0 unspecified atom stereocenters. The second kappa shape index (κ2) is 20.3. The van der Waals surface area contributed by atoms with Crippen molar-refractivity contribution in [2.45, 2.75) is 182 Å². The Morgan fingerprint density at radius 3 is 1.78 bits per heavy atom. The molecule has 0 spiro atoms. The summed E-state index contributed by atoms with van der Waals surface area (Å²) in [4.78, 5) is 12.2. The number of carbonyl (C=O) groups is 1. The Bertz CT molecular complexity index is 1160. The van der Waals surface area contributed by atoms with Crippen molar-refractivity contribution in [1.82, 2.24) is 0 Å². The zero-order valence-corrected chi connectivity index (χ0v) is 37.8. The maximum Gasteiger partial charge on any atom is 0.404 e. The molecule has 8 heteroatoms. The number of ether oxygens (including phenoxy) is 1. The first-order valence-corrected chi connectivity index (χ1v) is 25.7. The molecule has 1 aliphatic carbocycles. The number of hydrogen-bond donors (Lipinski definition) is 2. The molecule has 0 aromatic carbocycles. The van der Waals surface area contributed by atoms with E-state index in [0.29, 0.717) is 5.92 Å². The SMILES string of the molecule is C=C/C=C\[C@H](C)[C@H](OC(N)=O)[C@@H](C)[C@H](O[Si](C)(C)C(C)(C)C)[C@@H](C)C/C(C)=C\[C@H](C)[C@@H](O[Si](C)(C)C(C)(C)C)[C@@H](C)/C=C\[C@@H](O)CC1CCCC1. The molecule has 0 aromatic heterocycles. The van der Waals surface area contributed by atoms with Crippen LogP contribution in [-0.4, -0.2) is 52.3 Å². The van der Waals surface area contributed by atoms with Gasteiger partial charge in [-0.3, -0.25) is 0 Å². The molecule has 51 heavy (non-hydrogen) atoms. The molecule has 1 aliphatic rings. The number of hydrogen-bond acceptors (Lipinski definition) is 5. The van der Waals surface area contributed by atoms with Crippen LogP contribution in [0.3, 0.4) is 0 Å². The number of aliphatic hydroxyl groups is 1. The Balaban J connectivity index is 3.47. The highest BCUT2D eigenvalue weighted by Crippen LogP contribution is 2.42. The lowest BCUT2D eigenvalue weighted by Gasteiger charge is -2.45. The van der Waals surface area contributed by atoms with Crippen molar-refractivity contribution < 1.29 is 23.5 Å². The molecule has 296 valence electrons. The highest BCUT2D eigenvalue weighted by molar-refractivity contribution is 6.74. The second-order valence-electron chi connectivity index (χ2n) is 19.2. The van der Waals surface area contributed by atoms with Crippen LogP contribution in [0, 0.1) is 35.5 Å². The van der Waals surface area contributed by atoms with Gasteiger partial charge in [-0.1, -0.05) is 150 Å². The molecule has 6 nitrogen and oxygen atoms in total. The molecule has 0 heterocycles. The van der Waals surface area contributed by atoms with Gasteiger partial charge in [-0.15, -0.1) is 0 Å². The van der Waals surface area contributed by atoms with Crippen molar-refractivity contribution in [2.75, 3.05) is 0 Å². The molecule has 1 saturated carbocycles. The third kappa shape index (κ3) is 15.4. The van der Waals surface area contributed by atoms with Crippen LogP contribution < -0.4 is 5.73 Å². The zero-order valence-electron chi connectivity index (χ0n) is 35.8. The van der Waals surface area contributed by atoms with E-state index < -0.39 is 34.9 Å². The van der Waals surface area contributed by atoms with Crippen molar-refractivity contribution in [2.24, 2.45) is 41.2 Å². The molecule has 1 amide bonds. The van der Waals surface area contributed by atoms with E-state index >= 15 is 0 Å². The van der Waals surface area contributed by atoms with Gasteiger partial charge in [0.1, 0.15) is 6.10 Å². The second-order valence-corrected chi connectivity index (χ2v) is 28.7. The molecule has 1 fully saturated rings. The van der Waals surface area contributed by atoms with Gasteiger partial charge in [0.05, 0.1) is 18.3 Å². The molecule has 0 radical (unpaired) electrons. The topological polar surface area (TPSA) is 91.0 Å². The molecule has 3 N–H and O–H groups in total. The number of amides is 1. The van der Waals surface area contributed by atoms with Crippen LogP contribution in [0.15, 0.2) is 48.6 Å². The summed E-state index contributed by atoms with van der Waals surface area (Å²) in [5.74, 6) is 0.911. The quantitative estimate of drug-likeness (QED) is 0.0735. The predicted molar refractivity (Wildman–Crippen MR) is 224 cm³/mol. The summed E-state index contributed by atoms with van der Waals surface area (Å²) in [5.41, 5.74) is 6.92. The largest absolute Gasteiger partial charge is 0.445 e. The predicted octanol–water partition coefficient (Wildman–Crippen LogP) is 12.0. The van der Waals surface area contributed by atoms with Crippen molar-refractivity contribution in [3.05, 3.63) is 48.6 Å². The Labute approximate surface area is 317 Å². The maximum absolute atomic E-state index is 12.2. The third-order valence-corrected chi connectivity index (χ3v) is 21.3. The van der Waals surface area contributed by atoms with Crippen LogP contribution in [0.4, 0.5) is 4.79 Å². The van der Waals surface area contributed by atoms with Gasteiger partial charge in [0, 0.05) is 11.8 Å². The molecule has 0 aromatic rings. The van der Waals surface area contributed by atoms with E-state index in [9.17, 15) is 9.90 Å². The van der Waals surface area contributed by atoms with Crippen molar-refractivity contribution in [3.8, 4) is 0 Å². The Morgan fingerprint density at radius 1 is 0.824 bits per heavy atom. The number of primary amides is 1. The van der Waals surface area contributed by atoms with Crippen LogP contribution in [0.2, 0.25) is 36.3 Å². The Morgan fingerprint density at radius 2 is 1.31 bits per heavy atom. The van der Waals surface area contributed by atoms with Gasteiger partial charge in [0.15, 0.2) is 16.6 Å². The first-order chi connectivity index (χ1) is 23.2. The number of nitrogens with two attached hydrogens (primary N) is 1. The Kier molecular flexibility index (Phi) is 18.9. The van der Waals surface area contributed by atoms with Gasteiger partial charge < -0.3 is 24.4 Å². The summed E-state index contributed by atoms with van der Waals surface area (Å²) < 4.78 is 20.2. The molecular formula is C43H81NO5Si2. The fourth-order valence-corrected chi connectivity index (χ4v) is 10.1. The van der Waals surface area contributed by atoms with Crippen molar-refractivity contribution >= 4 is 22.7 Å². The normalized spacial score (nSPS) is 21.2. The van der Waals surface area contributed by atoms with Gasteiger partial charge in [-0.05, 0) is 79.7 Å². The van der Waals surface area contributed by atoms with Gasteiger partial charge in [0.2, 0.25) is 0 Å². The summed E-state index contributed by atoms with van der Waals surface area (Å²) in [6, 6.07) is 0. The summed E-state index contributed by atoms with van der Waals surface area (Å²) in [6.07, 6.45) is 17.2. The van der Waals surface area contributed by atoms with Gasteiger partial charge in [-0.25, -0.2) is 4.79 Å². The monoisotopic (exact) mass is 748 g/mol. The lowest BCUT2D eigenvalue weighted by molar-refractivity contribution is -0.0207. The maximum atomic E-state index is 12.2. The summed E-state index contributed by atoms with van der Waals surface area (Å²) in [5, 5.41) is 11.0. The lowest BCUT2D eigenvalue weighted by Crippen LogP contribution is -2.50. The minimum absolute atomic E-state index is 0.0150. The average Bonchev–Trinajstić information content (AvgIpc) is 3.50. The fraction of sp³-hybridized carbons (Fsp3) is 0.791. The average molecular weight is 748 g/mol. The van der Waals surface area contributed by atoms with Gasteiger partial charge >= 0.3 is 6.09 Å².